The van der Waals surface area contributed by atoms with E-state index in [1.807, 2.05) is 4.90 Å². The summed E-state index contributed by atoms with van der Waals surface area (Å²) in [4.78, 5) is 28.8. The Morgan fingerprint density at radius 1 is 1.11 bits per heavy atom. The molecule has 0 unspecified atom stereocenters. The van der Waals surface area contributed by atoms with Crippen LogP contribution in [0.5, 0.6) is 0 Å². The Morgan fingerprint density at radius 3 is 2.26 bits per heavy atom. The first-order valence-electron chi connectivity index (χ1n) is 7.08. The van der Waals surface area contributed by atoms with E-state index >= 15 is 0 Å². The summed E-state index contributed by atoms with van der Waals surface area (Å²) in [7, 11) is 0. The van der Waals surface area contributed by atoms with Crippen molar-refractivity contribution in [2.75, 3.05) is 45.8 Å². The summed E-state index contributed by atoms with van der Waals surface area (Å²) in [6.07, 6.45) is 1.32. The molecule has 0 bridgehead atoms. The van der Waals surface area contributed by atoms with Crippen molar-refractivity contribution in [3.8, 4) is 0 Å². The number of carbonyl (C=O) groups excluding carboxylic acids is 1. The number of aliphatic carboxylic acids is 1. The normalized spacial score (nSPS) is 21.3. The van der Waals surface area contributed by atoms with E-state index in [9.17, 15) is 9.59 Å². The smallest absolute Gasteiger partial charge is 0.320 e. The molecule has 0 atom stereocenters. The van der Waals surface area contributed by atoms with Crippen molar-refractivity contribution in [1.29, 1.82) is 0 Å². The number of carboxylic acids is 1. The molecule has 0 spiro atoms. The number of piperazine rings is 1. The summed E-state index contributed by atoms with van der Waals surface area (Å²) in [5, 5.41) is 8.68. The van der Waals surface area contributed by atoms with Gasteiger partial charge >= 0.3 is 12.0 Å². The SMILES string of the molecule is CCCN1CCN(C(=O)N2CC(CC(=O)O)C2)CC1. The fourth-order valence-electron chi connectivity index (χ4n) is 2.78. The fraction of sp³-hybridized carbons (Fsp3) is 0.846. The van der Waals surface area contributed by atoms with Gasteiger partial charge in [-0.25, -0.2) is 4.79 Å². The van der Waals surface area contributed by atoms with E-state index in [1.54, 1.807) is 4.90 Å². The van der Waals surface area contributed by atoms with Crippen LogP contribution in [0, 0.1) is 5.92 Å². The Balaban J connectivity index is 1.70. The minimum atomic E-state index is -0.773. The standard InChI is InChI=1S/C13H23N3O3/c1-2-3-14-4-6-15(7-5-14)13(19)16-9-11(10-16)8-12(17)18/h11H,2-10H2,1H3,(H,17,18). The average Bonchev–Trinajstić information content (AvgIpc) is 2.33. The van der Waals surface area contributed by atoms with Gasteiger partial charge in [0.1, 0.15) is 0 Å². The zero-order valence-corrected chi connectivity index (χ0v) is 11.5. The lowest BCUT2D eigenvalue weighted by molar-refractivity contribution is -0.139. The molecule has 2 rings (SSSR count). The molecule has 1 N–H and O–H groups in total. The van der Waals surface area contributed by atoms with Crippen molar-refractivity contribution in [1.82, 2.24) is 14.7 Å². The highest BCUT2D eigenvalue weighted by Crippen LogP contribution is 2.21. The van der Waals surface area contributed by atoms with E-state index in [4.69, 9.17) is 5.11 Å². The van der Waals surface area contributed by atoms with Crippen LogP contribution in [0.1, 0.15) is 19.8 Å². The van der Waals surface area contributed by atoms with Gasteiger partial charge in [-0.15, -0.1) is 0 Å². The Kier molecular flexibility index (Phi) is 4.63. The number of hydrogen-bond acceptors (Lipinski definition) is 3. The average molecular weight is 269 g/mol. The Bertz CT molecular complexity index is 334. The van der Waals surface area contributed by atoms with Crippen LogP contribution in [-0.2, 0) is 4.79 Å². The van der Waals surface area contributed by atoms with Gasteiger partial charge in [-0.1, -0.05) is 6.92 Å². The number of hydrogen-bond donors (Lipinski definition) is 1. The summed E-state index contributed by atoms with van der Waals surface area (Å²) in [6.45, 7) is 7.95. The molecule has 0 aromatic heterocycles. The summed E-state index contributed by atoms with van der Waals surface area (Å²) in [5.41, 5.74) is 0. The molecule has 6 heteroatoms. The van der Waals surface area contributed by atoms with E-state index in [-0.39, 0.29) is 18.4 Å². The molecule has 0 aromatic carbocycles. The molecule has 2 amide bonds. The highest BCUT2D eigenvalue weighted by Gasteiger charge is 2.35. The van der Waals surface area contributed by atoms with Crippen molar-refractivity contribution < 1.29 is 14.7 Å². The lowest BCUT2D eigenvalue weighted by Crippen LogP contribution is -2.58. The molecule has 0 aromatic rings. The first kappa shape index (κ1) is 14.1. The minimum absolute atomic E-state index is 0.0813. The van der Waals surface area contributed by atoms with Gasteiger partial charge in [0.2, 0.25) is 0 Å². The molecule has 2 aliphatic rings. The van der Waals surface area contributed by atoms with Gasteiger partial charge in [0.05, 0.1) is 6.42 Å². The van der Waals surface area contributed by atoms with Gasteiger partial charge in [-0.2, -0.15) is 0 Å². The van der Waals surface area contributed by atoms with E-state index in [1.165, 1.54) is 0 Å². The molecule has 0 radical (unpaired) electrons. The molecule has 2 saturated heterocycles. The largest absolute Gasteiger partial charge is 0.481 e. The van der Waals surface area contributed by atoms with Crippen LogP contribution in [0.25, 0.3) is 0 Å². The van der Waals surface area contributed by atoms with Crippen LogP contribution >= 0.6 is 0 Å². The van der Waals surface area contributed by atoms with Gasteiger partial charge in [-0.05, 0) is 13.0 Å². The monoisotopic (exact) mass is 269 g/mol. The highest BCUT2D eigenvalue weighted by atomic mass is 16.4. The van der Waals surface area contributed by atoms with Gasteiger partial charge in [0.25, 0.3) is 0 Å². The first-order chi connectivity index (χ1) is 9.10. The van der Waals surface area contributed by atoms with Crippen LogP contribution in [0.3, 0.4) is 0 Å². The molecular formula is C13H23N3O3. The summed E-state index contributed by atoms with van der Waals surface area (Å²) in [6, 6.07) is 0.0813. The van der Waals surface area contributed by atoms with E-state index in [0.29, 0.717) is 13.1 Å². The summed E-state index contributed by atoms with van der Waals surface area (Å²) < 4.78 is 0. The lowest BCUT2D eigenvalue weighted by atomic mass is 9.97. The van der Waals surface area contributed by atoms with E-state index in [2.05, 4.69) is 11.8 Å². The molecule has 2 aliphatic heterocycles. The van der Waals surface area contributed by atoms with Crippen molar-refractivity contribution >= 4 is 12.0 Å². The summed E-state index contributed by atoms with van der Waals surface area (Å²) in [5.74, 6) is -0.631. The molecule has 2 heterocycles. The molecule has 0 aliphatic carbocycles. The molecular weight excluding hydrogens is 246 g/mol. The van der Waals surface area contributed by atoms with Gasteiger partial charge in [0.15, 0.2) is 0 Å². The minimum Gasteiger partial charge on any atom is -0.481 e. The Hall–Kier alpha value is -1.30. The van der Waals surface area contributed by atoms with Crippen molar-refractivity contribution in [3.05, 3.63) is 0 Å². The predicted molar refractivity (Wildman–Crippen MR) is 71.0 cm³/mol. The first-order valence-corrected chi connectivity index (χ1v) is 7.08. The number of nitrogens with zero attached hydrogens (tertiary/aromatic N) is 3. The number of carbonyl (C=O) groups is 2. The second-order valence-electron chi connectivity index (χ2n) is 5.48. The van der Waals surface area contributed by atoms with Crippen LogP contribution in [-0.4, -0.2) is 77.6 Å². The zero-order chi connectivity index (χ0) is 13.8. The van der Waals surface area contributed by atoms with Crippen molar-refractivity contribution in [3.63, 3.8) is 0 Å². The topological polar surface area (TPSA) is 64.1 Å². The van der Waals surface area contributed by atoms with Gasteiger partial charge in [-0.3, -0.25) is 9.69 Å². The number of likely N-dealkylation sites (tertiary alicyclic amines) is 1. The quantitative estimate of drug-likeness (QED) is 0.809. The van der Waals surface area contributed by atoms with Gasteiger partial charge in [0, 0.05) is 45.2 Å². The molecule has 108 valence electrons. The third kappa shape index (κ3) is 3.59. The third-order valence-electron chi connectivity index (χ3n) is 3.87. The Morgan fingerprint density at radius 2 is 1.74 bits per heavy atom. The molecule has 0 saturated carbocycles. The third-order valence-corrected chi connectivity index (χ3v) is 3.87. The fourth-order valence-corrected chi connectivity index (χ4v) is 2.78. The summed E-state index contributed by atoms with van der Waals surface area (Å²) >= 11 is 0. The second-order valence-corrected chi connectivity index (χ2v) is 5.48. The number of rotatable bonds is 4. The van der Waals surface area contributed by atoms with Crippen LogP contribution in [0.2, 0.25) is 0 Å². The van der Waals surface area contributed by atoms with E-state index in [0.717, 1.165) is 39.1 Å². The Labute approximate surface area is 114 Å². The maximum absolute atomic E-state index is 12.2. The highest BCUT2D eigenvalue weighted by molar-refractivity contribution is 5.76. The number of carboxylic acid groups (broad SMARTS) is 1. The number of urea groups is 1. The molecule has 6 nitrogen and oxygen atoms in total. The molecule has 19 heavy (non-hydrogen) atoms. The maximum Gasteiger partial charge on any atom is 0.320 e. The van der Waals surface area contributed by atoms with E-state index < -0.39 is 5.97 Å². The van der Waals surface area contributed by atoms with Crippen molar-refractivity contribution in [2.45, 2.75) is 19.8 Å². The van der Waals surface area contributed by atoms with Gasteiger partial charge < -0.3 is 14.9 Å². The van der Waals surface area contributed by atoms with Crippen molar-refractivity contribution in [2.24, 2.45) is 5.92 Å². The maximum atomic E-state index is 12.2. The predicted octanol–water partition coefficient (Wildman–Crippen LogP) is 0.540. The zero-order valence-electron chi connectivity index (χ0n) is 11.5. The molecule has 2 fully saturated rings. The lowest BCUT2D eigenvalue weighted by Gasteiger charge is -2.43. The van der Waals surface area contributed by atoms with Crippen LogP contribution < -0.4 is 0 Å². The van der Waals surface area contributed by atoms with Crippen LogP contribution in [0.4, 0.5) is 4.79 Å². The van der Waals surface area contributed by atoms with Crippen LogP contribution in [0.15, 0.2) is 0 Å². The number of amides is 2. The second kappa shape index (κ2) is 6.23.